The van der Waals surface area contributed by atoms with Gasteiger partial charge < -0.3 is 10.2 Å². The Morgan fingerprint density at radius 3 is 2.24 bits per heavy atom. The van der Waals surface area contributed by atoms with Crippen LogP contribution in [0.2, 0.25) is 4.34 Å². The van der Waals surface area contributed by atoms with E-state index in [1.54, 1.807) is 6.07 Å². The van der Waals surface area contributed by atoms with E-state index in [1.807, 2.05) is 0 Å². The summed E-state index contributed by atoms with van der Waals surface area (Å²) in [6.07, 6.45) is 0. The molecule has 2 N–H and O–H groups in total. The van der Waals surface area contributed by atoms with Crippen LogP contribution in [0.5, 0.6) is 0 Å². The van der Waals surface area contributed by atoms with Gasteiger partial charge >= 0.3 is 11.9 Å². The molecule has 1 rings (SSSR count). The van der Waals surface area contributed by atoms with Gasteiger partial charge in [0.05, 0.1) is 13.1 Å². The summed E-state index contributed by atoms with van der Waals surface area (Å²) in [7, 11) is 0. The van der Waals surface area contributed by atoms with Crippen LogP contribution in [0.3, 0.4) is 0 Å². The maximum atomic E-state index is 10.6. The molecule has 0 saturated heterocycles. The summed E-state index contributed by atoms with van der Waals surface area (Å²) in [6, 6.07) is 1.75. The molecule has 1 heterocycles. The summed E-state index contributed by atoms with van der Waals surface area (Å²) in [4.78, 5) is 23.3. The van der Waals surface area contributed by atoms with Crippen LogP contribution < -0.4 is 0 Å². The van der Waals surface area contributed by atoms with Crippen LogP contribution in [0, 0.1) is 0 Å². The smallest absolute Gasteiger partial charge is 0.317 e. The zero-order valence-corrected chi connectivity index (χ0v) is 11.7. The fourth-order valence-electron chi connectivity index (χ4n) is 1.24. The molecule has 0 atom stereocenters. The Hall–Kier alpha value is -0.630. The summed E-state index contributed by atoms with van der Waals surface area (Å²) >= 11 is 10.4. The number of carboxylic acid groups (broad SMARTS) is 2. The summed E-state index contributed by atoms with van der Waals surface area (Å²) in [5.74, 6) is -2.12. The van der Waals surface area contributed by atoms with Gasteiger partial charge in [0.1, 0.15) is 4.34 Å². The molecule has 0 bridgehead atoms. The first-order chi connectivity index (χ1) is 7.88. The average molecular weight is 343 g/mol. The molecule has 1 aromatic rings. The number of aliphatic carboxylic acids is 2. The molecule has 0 saturated carbocycles. The molecule has 0 amide bonds. The van der Waals surface area contributed by atoms with Crippen molar-refractivity contribution in [2.24, 2.45) is 0 Å². The molecule has 94 valence electrons. The molecule has 0 unspecified atom stereocenters. The van der Waals surface area contributed by atoms with Crippen molar-refractivity contribution >= 4 is 50.8 Å². The maximum absolute atomic E-state index is 10.6. The zero-order valence-electron chi connectivity index (χ0n) is 8.52. The van der Waals surface area contributed by atoms with Crippen LogP contribution >= 0.6 is 38.9 Å². The van der Waals surface area contributed by atoms with Crippen LogP contribution in [0.1, 0.15) is 4.88 Å². The highest BCUT2D eigenvalue weighted by Crippen LogP contribution is 2.32. The molecule has 0 aliphatic heterocycles. The van der Waals surface area contributed by atoms with E-state index in [1.165, 1.54) is 16.2 Å². The summed E-state index contributed by atoms with van der Waals surface area (Å²) < 4.78 is 1.29. The predicted molar refractivity (Wildman–Crippen MR) is 67.6 cm³/mol. The first-order valence-corrected chi connectivity index (χ1v) is 6.47. The van der Waals surface area contributed by atoms with Gasteiger partial charge in [-0.2, -0.15) is 0 Å². The highest BCUT2D eigenvalue weighted by molar-refractivity contribution is 9.10. The van der Waals surface area contributed by atoms with Gasteiger partial charge in [-0.05, 0) is 22.0 Å². The van der Waals surface area contributed by atoms with Crippen LogP contribution in [0.15, 0.2) is 10.5 Å². The second kappa shape index (κ2) is 6.34. The number of rotatable bonds is 6. The first-order valence-electron chi connectivity index (χ1n) is 4.48. The van der Waals surface area contributed by atoms with Gasteiger partial charge in [0.15, 0.2) is 0 Å². The van der Waals surface area contributed by atoms with Crippen molar-refractivity contribution in [3.8, 4) is 0 Å². The van der Waals surface area contributed by atoms with E-state index < -0.39 is 11.9 Å². The number of hydrogen-bond donors (Lipinski definition) is 2. The minimum absolute atomic E-state index is 0.245. The van der Waals surface area contributed by atoms with E-state index in [0.717, 1.165) is 9.35 Å². The average Bonchev–Trinajstić information content (AvgIpc) is 2.42. The molecule has 17 heavy (non-hydrogen) atoms. The summed E-state index contributed by atoms with van der Waals surface area (Å²) in [5.41, 5.74) is 0. The third-order valence-electron chi connectivity index (χ3n) is 1.79. The fraction of sp³-hybridized carbons (Fsp3) is 0.333. The Labute approximate surface area is 115 Å². The van der Waals surface area contributed by atoms with Crippen LogP contribution in [0.4, 0.5) is 0 Å². The molecule has 5 nitrogen and oxygen atoms in total. The molecule has 1 aromatic heterocycles. The van der Waals surface area contributed by atoms with Gasteiger partial charge in [0.2, 0.25) is 0 Å². The molecule has 0 aliphatic rings. The first kappa shape index (κ1) is 14.4. The summed E-state index contributed by atoms with van der Waals surface area (Å²) in [5, 5.41) is 17.3. The summed E-state index contributed by atoms with van der Waals surface area (Å²) in [6.45, 7) is -0.395. The molecule has 0 radical (unpaired) electrons. The quantitative estimate of drug-likeness (QED) is 0.828. The van der Waals surface area contributed by atoms with Crippen molar-refractivity contribution < 1.29 is 19.8 Å². The van der Waals surface area contributed by atoms with Crippen LogP contribution in [0.25, 0.3) is 0 Å². The topological polar surface area (TPSA) is 77.8 Å². The second-order valence-electron chi connectivity index (χ2n) is 3.27. The van der Waals surface area contributed by atoms with E-state index in [9.17, 15) is 9.59 Å². The Kier molecular flexibility index (Phi) is 5.38. The third-order valence-corrected chi connectivity index (χ3v) is 4.25. The molecule has 0 aliphatic carbocycles. The number of thiophene rings is 1. The largest absolute Gasteiger partial charge is 0.480 e. The standard InChI is InChI=1S/C9H9BrClNO4S/c10-6-1-5(17-9(6)11)2-12(3-7(13)14)4-8(15)16/h1H,2-4H2,(H,13,14)(H,15,16). The number of halogens is 2. The van der Waals surface area contributed by atoms with Crippen LogP contribution in [-0.4, -0.2) is 40.1 Å². The maximum Gasteiger partial charge on any atom is 0.317 e. The SMILES string of the molecule is O=C(O)CN(CC(=O)O)Cc1cc(Br)c(Cl)s1. The van der Waals surface area contributed by atoms with Crippen molar-refractivity contribution in [2.45, 2.75) is 6.54 Å². The molecule has 0 spiro atoms. The molecular formula is C9H9BrClNO4S. The van der Waals surface area contributed by atoms with Crippen LogP contribution in [-0.2, 0) is 16.1 Å². The number of carbonyl (C=O) groups is 2. The Morgan fingerprint density at radius 2 is 1.88 bits per heavy atom. The Balaban J connectivity index is 2.70. The minimum atomic E-state index is -1.06. The molecule has 8 heteroatoms. The lowest BCUT2D eigenvalue weighted by atomic mass is 10.4. The monoisotopic (exact) mass is 341 g/mol. The lowest BCUT2D eigenvalue weighted by Crippen LogP contribution is -2.33. The van der Waals surface area contributed by atoms with Gasteiger partial charge in [-0.1, -0.05) is 11.6 Å². The van der Waals surface area contributed by atoms with Gasteiger partial charge in [0, 0.05) is 15.9 Å². The van der Waals surface area contributed by atoms with Crippen molar-refractivity contribution in [1.82, 2.24) is 4.90 Å². The third kappa shape index (κ3) is 5.03. The van der Waals surface area contributed by atoms with Gasteiger partial charge in [-0.15, -0.1) is 11.3 Å². The van der Waals surface area contributed by atoms with Gasteiger partial charge in [0.25, 0.3) is 0 Å². The molecular weight excluding hydrogens is 334 g/mol. The Morgan fingerprint density at radius 1 is 1.35 bits per heavy atom. The minimum Gasteiger partial charge on any atom is -0.480 e. The van der Waals surface area contributed by atoms with E-state index in [4.69, 9.17) is 21.8 Å². The molecule has 0 aromatic carbocycles. The van der Waals surface area contributed by atoms with Crippen molar-refractivity contribution in [1.29, 1.82) is 0 Å². The highest BCUT2D eigenvalue weighted by Gasteiger charge is 2.15. The molecule has 0 fully saturated rings. The number of hydrogen-bond acceptors (Lipinski definition) is 4. The number of carboxylic acids is 2. The fourth-order valence-corrected chi connectivity index (χ4v) is 3.07. The number of nitrogens with zero attached hydrogens (tertiary/aromatic N) is 1. The van der Waals surface area contributed by atoms with Crippen molar-refractivity contribution in [3.63, 3.8) is 0 Å². The van der Waals surface area contributed by atoms with Crippen molar-refractivity contribution in [3.05, 3.63) is 19.8 Å². The van der Waals surface area contributed by atoms with E-state index >= 15 is 0 Å². The lowest BCUT2D eigenvalue weighted by Gasteiger charge is -2.16. The van der Waals surface area contributed by atoms with Gasteiger partial charge in [-0.25, -0.2) is 0 Å². The van der Waals surface area contributed by atoms with E-state index in [0.29, 0.717) is 4.34 Å². The van der Waals surface area contributed by atoms with E-state index in [-0.39, 0.29) is 19.6 Å². The van der Waals surface area contributed by atoms with Crippen molar-refractivity contribution in [2.75, 3.05) is 13.1 Å². The predicted octanol–water partition coefficient (Wildman–Crippen LogP) is 2.14. The van der Waals surface area contributed by atoms with E-state index in [2.05, 4.69) is 15.9 Å². The lowest BCUT2D eigenvalue weighted by molar-refractivity contribution is -0.141. The normalized spacial score (nSPS) is 10.8. The highest BCUT2D eigenvalue weighted by atomic mass is 79.9. The second-order valence-corrected chi connectivity index (χ2v) is 5.86. The van der Waals surface area contributed by atoms with Gasteiger partial charge in [-0.3, -0.25) is 14.5 Å². The Bertz CT molecular complexity index is 401. The zero-order chi connectivity index (χ0) is 13.0.